The van der Waals surface area contributed by atoms with Gasteiger partial charge in [0.15, 0.2) is 0 Å². The van der Waals surface area contributed by atoms with Crippen LogP contribution in [0.15, 0.2) is 16.9 Å². The molecule has 0 aliphatic carbocycles. The number of nitrogens with two attached hydrogens (primary N) is 1. The fourth-order valence-electron chi connectivity index (χ4n) is 1.04. The summed E-state index contributed by atoms with van der Waals surface area (Å²) in [7, 11) is 0. The summed E-state index contributed by atoms with van der Waals surface area (Å²) in [4.78, 5) is 13.0. The second-order valence-corrected chi connectivity index (χ2v) is 3.38. The molecule has 0 fully saturated rings. The number of nitrogens with one attached hydrogen (secondary N) is 1. The first kappa shape index (κ1) is 7.30. The molecule has 0 saturated carbocycles. The van der Waals surface area contributed by atoms with E-state index >= 15 is 0 Å². The number of thiazole rings is 1. The van der Waals surface area contributed by atoms with E-state index in [1.54, 1.807) is 0 Å². The van der Waals surface area contributed by atoms with E-state index < -0.39 is 5.82 Å². The van der Waals surface area contributed by atoms with Crippen molar-refractivity contribution in [2.75, 3.05) is 5.73 Å². The molecule has 5 heteroatoms. The van der Waals surface area contributed by atoms with Crippen molar-refractivity contribution in [2.24, 2.45) is 0 Å². The molecule has 1 aromatic heterocycles. The van der Waals surface area contributed by atoms with Crippen molar-refractivity contribution in [1.82, 2.24) is 4.98 Å². The zero-order valence-corrected chi connectivity index (χ0v) is 6.74. The Morgan fingerprint density at radius 2 is 2.25 bits per heavy atom. The van der Waals surface area contributed by atoms with Gasteiger partial charge in [-0.1, -0.05) is 11.3 Å². The Morgan fingerprint density at radius 1 is 1.50 bits per heavy atom. The van der Waals surface area contributed by atoms with Crippen LogP contribution < -0.4 is 10.6 Å². The Kier molecular flexibility index (Phi) is 1.41. The number of benzene rings is 1. The summed E-state index contributed by atoms with van der Waals surface area (Å²) in [5.41, 5.74) is 6.15. The van der Waals surface area contributed by atoms with Crippen LogP contribution in [0.4, 0.5) is 10.1 Å². The number of hydrogen-bond donors (Lipinski definition) is 2. The topological polar surface area (TPSA) is 58.9 Å². The first-order valence-electron chi connectivity index (χ1n) is 3.24. The minimum Gasteiger partial charge on any atom is -0.399 e. The lowest BCUT2D eigenvalue weighted by Crippen LogP contribution is -1.90. The molecule has 62 valence electrons. The van der Waals surface area contributed by atoms with E-state index in [-0.39, 0.29) is 4.87 Å². The minimum atomic E-state index is -0.451. The van der Waals surface area contributed by atoms with Gasteiger partial charge in [0.1, 0.15) is 5.82 Å². The van der Waals surface area contributed by atoms with Gasteiger partial charge in [-0.05, 0) is 12.1 Å². The molecule has 2 aromatic rings. The number of anilines is 1. The average Bonchev–Trinajstić information content (AvgIpc) is 2.29. The zero-order valence-electron chi connectivity index (χ0n) is 5.93. The lowest BCUT2D eigenvalue weighted by atomic mass is 10.3. The summed E-state index contributed by atoms with van der Waals surface area (Å²) >= 11 is 0.846. The van der Waals surface area contributed by atoms with Crippen molar-refractivity contribution < 1.29 is 4.39 Å². The van der Waals surface area contributed by atoms with E-state index in [1.165, 1.54) is 12.1 Å². The first-order chi connectivity index (χ1) is 5.66. The summed E-state index contributed by atoms with van der Waals surface area (Å²) in [5, 5.41) is 0. The molecule has 1 aromatic carbocycles. The molecular formula is C7H5FN2OS. The molecule has 3 nitrogen and oxygen atoms in total. The molecule has 0 aliphatic rings. The second-order valence-electron chi connectivity index (χ2n) is 2.39. The van der Waals surface area contributed by atoms with Crippen molar-refractivity contribution in [2.45, 2.75) is 0 Å². The quantitative estimate of drug-likeness (QED) is 0.606. The normalized spacial score (nSPS) is 10.8. The standard InChI is InChI=1S/C7H5FN2OS/c8-4-1-3(9)2-5-6(4)12-7(11)10-5/h1-2H,9H2,(H,10,11). The maximum Gasteiger partial charge on any atom is 0.305 e. The number of aromatic amines is 1. The van der Waals surface area contributed by atoms with Gasteiger partial charge >= 0.3 is 4.87 Å². The van der Waals surface area contributed by atoms with E-state index in [9.17, 15) is 9.18 Å². The SMILES string of the molecule is Nc1cc(F)c2sc(=O)[nH]c2c1. The number of fused-ring (bicyclic) bond motifs is 1. The van der Waals surface area contributed by atoms with Crippen molar-refractivity contribution in [3.63, 3.8) is 0 Å². The molecule has 3 N–H and O–H groups in total. The number of aromatic nitrogens is 1. The number of halogens is 1. The molecule has 0 bridgehead atoms. The Morgan fingerprint density at radius 3 is 3.00 bits per heavy atom. The van der Waals surface area contributed by atoms with Crippen LogP contribution in [-0.4, -0.2) is 4.98 Å². The molecule has 0 radical (unpaired) electrons. The maximum absolute atomic E-state index is 13.0. The van der Waals surface area contributed by atoms with Gasteiger partial charge in [0, 0.05) is 5.69 Å². The lowest BCUT2D eigenvalue weighted by Gasteiger charge is -1.93. The lowest BCUT2D eigenvalue weighted by molar-refractivity contribution is 0.642. The molecular weight excluding hydrogens is 179 g/mol. The number of hydrogen-bond acceptors (Lipinski definition) is 3. The highest BCUT2D eigenvalue weighted by Crippen LogP contribution is 2.21. The van der Waals surface area contributed by atoms with Crippen LogP contribution in [0, 0.1) is 5.82 Å². The third kappa shape index (κ3) is 0.984. The Hall–Kier alpha value is -1.36. The predicted molar refractivity (Wildman–Crippen MR) is 46.8 cm³/mol. The highest BCUT2D eigenvalue weighted by Gasteiger charge is 2.05. The number of H-pyrrole nitrogens is 1. The van der Waals surface area contributed by atoms with Gasteiger partial charge in [0.2, 0.25) is 0 Å². The van der Waals surface area contributed by atoms with Gasteiger partial charge in [-0.15, -0.1) is 0 Å². The van der Waals surface area contributed by atoms with Gasteiger partial charge in [0.05, 0.1) is 10.2 Å². The highest BCUT2D eigenvalue weighted by molar-refractivity contribution is 7.16. The summed E-state index contributed by atoms with van der Waals surface area (Å²) in [6.07, 6.45) is 0. The molecule has 0 unspecified atom stereocenters. The van der Waals surface area contributed by atoms with Crippen molar-refractivity contribution in [1.29, 1.82) is 0 Å². The minimum absolute atomic E-state index is 0.269. The summed E-state index contributed by atoms with van der Waals surface area (Å²) in [6, 6.07) is 2.74. The highest BCUT2D eigenvalue weighted by atomic mass is 32.1. The van der Waals surface area contributed by atoms with Gasteiger partial charge in [-0.3, -0.25) is 4.79 Å². The van der Waals surface area contributed by atoms with Gasteiger partial charge in [0.25, 0.3) is 0 Å². The van der Waals surface area contributed by atoms with Crippen molar-refractivity contribution >= 4 is 27.2 Å². The third-order valence-corrected chi connectivity index (χ3v) is 2.40. The van der Waals surface area contributed by atoms with Gasteiger partial charge < -0.3 is 10.7 Å². The molecule has 0 spiro atoms. The van der Waals surface area contributed by atoms with Crippen molar-refractivity contribution in [3.05, 3.63) is 27.6 Å². The van der Waals surface area contributed by atoms with Crippen LogP contribution in [0.3, 0.4) is 0 Å². The number of rotatable bonds is 0. The maximum atomic E-state index is 13.0. The van der Waals surface area contributed by atoms with Gasteiger partial charge in [-0.2, -0.15) is 0 Å². The molecule has 0 amide bonds. The Labute approximate surface area is 70.6 Å². The van der Waals surface area contributed by atoms with Gasteiger partial charge in [-0.25, -0.2) is 4.39 Å². The van der Waals surface area contributed by atoms with Crippen LogP contribution in [0.5, 0.6) is 0 Å². The molecule has 0 aliphatic heterocycles. The molecule has 1 heterocycles. The molecule has 0 atom stereocenters. The smallest absolute Gasteiger partial charge is 0.305 e. The third-order valence-electron chi connectivity index (χ3n) is 1.50. The fourth-order valence-corrected chi connectivity index (χ4v) is 1.76. The van der Waals surface area contributed by atoms with Crippen LogP contribution in [0.2, 0.25) is 0 Å². The second kappa shape index (κ2) is 2.31. The monoisotopic (exact) mass is 184 g/mol. The first-order valence-corrected chi connectivity index (χ1v) is 4.06. The Bertz CT molecular complexity index is 488. The molecule has 0 saturated heterocycles. The Balaban J connectivity index is 2.97. The summed E-state index contributed by atoms with van der Waals surface area (Å²) in [6.45, 7) is 0. The average molecular weight is 184 g/mol. The summed E-state index contributed by atoms with van der Waals surface area (Å²) in [5.74, 6) is -0.451. The van der Waals surface area contributed by atoms with E-state index in [0.717, 1.165) is 11.3 Å². The predicted octanol–water partition coefficient (Wildman–Crippen LogP) is 1.31. The fraction of sp³-hybridized carbons (Fsp3) is 0. The summed E-state index contributed by atoms with van der Waals surface area (Å²) < 4.78 is 13.4. The van der Waals surface area contributed by atoms with E-state index in [0.29, 0.717) is 15.9 Å². The van der Waals surface area contributed by atoms with Crippen LogP contribution in [0.25, 0.3) is 10.2 Å². The molecule has 2 rings (SSSR count). The van der Waals surface area contributed by atoms with E-state index in [2.05, 4.69) is 4.98 Å². The van der Waals surface area contributed by atoms with Crippen LogP contribution >= 0.6 is 11.3 Å². The van der Waals surface area contributed by atoms with E-state index in [1.807, 2.05) is 0 Å². The van der Waals surface area contributed by atoms with Crippen LogP contribution in [-0.2, 0) is 0 Å². The number of nitrogen functional groups attached to an aromatic ring is 1. The van der Waals surface area contributed by atoms with E-state index in [4.69, 9.17) is 5.73 Å². The van der Waals surface area contributed by atoms with Crippen LogP contribution in [0.1, 0.15) is 0 Å². The van der Waals surface area contributed by atoms with Crippen molar-refractivity contribution in [3.8, 4) is 0 Å². The largest absolute Gasteiger partial charge is 0.399 e. The molecule has 12 heavy (non-hydrogen) atoms. The zero-order chi connectivity index (χ0) is 8.72.